The summed E-state index contributed by atoms with van der Waals surface area (Å²) in [6.07, 6.45) is 0.836. The number of rotatable bonds is 9. The molecule has 2 unspecified atom stereocenters. The maximum absolute atomic E-state index is 11.6. The first-order valence-electron chi connectivity index (χ1n) is 5.63. The third kappa shape index (κ3) is 7.62. The molecular weight excluding hydrogens is 208 g/mol. The molecular formula is C11H24N2O3. The Balaban J connectivity index is 3.64. The Morgan fingerprint density at radius 1 is 1.25 bits per heavy atom. The fraction of sp³-hybridized carbons (Fsp3) is 0.909. The first kappa shape index (κ1) is 15.3. The largest absolute Gasteiger partial charge is 0.385 e. The summed E-state index contributed by atoms with van der Waals surface area (Å²) in [5, 5.41) is 6.00. The first-order valence-corrected chi connectivity index (χ1v) is 5.63. The van der Waals surface area contributed by atoms with Gasteiger partial charge >= 0.3 is 0 Å². The molecule has 0 rings (SSSR count). The van der Waals surface area contributed by atoms with Crippen LogP contribution in [-0.2, 0) is 14.3 Å². The highest BCUT2D eigenvalue weighted by Crippen LogP contribution is 1.89. The van der Waals surface area contributed by atoms with Crippen molar-refractivity contribution in [2.45, 2.75) is 32.4 Å². The third-order valence-corrected chi connectivity index (χ3v) is 2.17. The van der Waals surface area contributed by atoms with Crippen LogP contribution >= 0.6 is 0 Å². The van der Waals surface area contributed by atoms with E-state index in [1.165, 1.54) is 0 Å². The number of carbonyl (C=O) groups is 1. The molecule has 0 fully saturated rings. The van der Waals surface area contributed by atoms with E-state index >= 15 is 0 Å². The predicted octanol–water partition coefficient (Wildman–Crippen LogP) is 0.152. The van der Waals surface area contributed by atoms with Crippen LogP contribution in [0.5, 0.6) is 0 Å². The summed E-state index contributed by atoms with van der Waals surface area (Å²) < 4.78 is 9.88. The van der Waals surface area contributed by atoms with Crippen molar-refractivity contribution in [2.75, 3.05) is 34.0 Å². The molecule has 16 heavy (non-hydrogen) atoms. The van der Waals surface area contributed by atoms with Crippen molar-refractivity contribution >= 4 is 5.91 Å². The van der Waals surface area contributed by atoms with Gasteiger partial charge in [-0.2, -0.15) is 0 Å². The molecule has 0 aliphatic carbocycles. The van der Waals surface area contributed by atoms with Crippen molar-refractivity contribution in [3.8, 4) is 0 Å². The van der Waals surface area contributed by atoms with Crippen LogP contribution in [0.1, 0.15) is 20.3 Å². The first-order chi connectivity index (χ1) is 7.61. The molecule has 0 aromatic heterocycles. The number of carbonyl (C=O) groups excluding carboxylic acids is 1. The Morgan fingerprint density at radius 2 is 1.94 bits per heavy atom. The summed E-state index contributed by atoms with van der Waals surface area (Å²) in [6.45, 7) is 5.75. The molecule has 2 atom stereocenters. The van der Waals surface area contributed by atoms with Crippen molar-refractivity contribution < 1.29 is 14.3 Å². The maximum atomic E-state index is 11.6. The molecule has 0 aliphatic rings. The van der Waals surface area contributed by atoms with Crippen molar-refractivity contribution in [3.63, 3.8) is 0 Å². The minimum atomic E-state index is -0.201. The average Bonchev–Trinajstić information content (AvgIpc) is 2.24. The molecule has 0 radical (unpaired) electrons. The smallest absolute Gasteiger partial charge is 0.236 e. The van der Waals surface area contributed by atoms with Gasteiger partial charge in [0.25, 0.3) is 0 Å². The lowest BCUT2D eigenvalue weighted by Crippen LogP contribution is -2.47. The van der Waals surface area contributed by atoms with Crippen LogP contribution in [0.25, 0.3) is 0 Å². The van der Waals surface area contributed by atoms with E-state index in [0.29, 0.717) is 19.8 Å². The number of hydrogen-bond acceptors (Lipinski definition) is 4. The van der Waals surface area contributed by atoms with Gasteiger partial charge in [0, 0.05) is 33.4 Å². The van der Waals surface area contributed by atoms with Crippen molar-refractivity contribution in [1.29, 1.82) is 0 Å². The van der Waals surface area contributed by atoms with Crippen LogP contribution < -0.4 is 10.6 Å². The molecule has 0 aromatic rings. The molecule has 5 heteroatoms. The standard InChI is InChI=1S/C11H24N2O3/c1-9(8-16-4)13-10(2)11(14)12-6-5-7-15-3/h9-10,13H,5-8H2,1-4H3,(H,12,14). The van der Waals surface area contributed by atoms with Gasteiger partial charge < -0.3 is 20.1 Å². The summed E-state index contributed by atoms with van der Waals surface area (Å²) in [7, 11) is 3.30. The van der Waals surface area contributed by atoms with Gasteiger partial charge in [-0.3, -0.25) is 4.79 Å². The summed E-state index contributed by atoms with van der Waals surface area (Å²) >= 11 is 0. The molecule has 0 heterocycles. The highest BCUT2D eigenvalue weighted by atomic mass is 16.5. The van der Waals surface area contributed by atoms with E-state index in [0.717, 1.165) is 6.42 Å². The van der Waals surface area contributed by atoms with Crippen molar-refractivity contribution in [1.82, 2.24) is 10.6 Å². The molecule has 1 amide bonds. The van der Waals surface area contributed by atoms with Crippen molar-refractivity contribution in [2.24, 2.45) is 0 Å². The molecule has 2 N–H and O–H groups in total. The van der Waals surface area contributed by atoms with Crippen LogP contribution in [-0.4, -0.2) is 52.0 Å². The number of ether oxygens (including phenoxy) is 2. The maximum Gasteiger partial charge on any atom is 0.236 e. The van der Waals surface area contributed by atoms with Crippen LogP contribution in [0.15, 0.2) is 0 Å². The Hall–Kier alpha value is -0.650. The SMILES string of the molecule is COCCCNC(=O)C(C)NC(C)COC. The van der Waals surface area contributed by atoms with E-state index in [9.17, 15) is 4.79 Å². The van der Waals surface area contributed by atoms with E-state index in [1.54, 1.807) is 14.2 Å². The zero-order valence-electron chi connectivity index (χ0n) is 10.7. The minimum Gasteiger partial charge on any atom is -0.385 e. The van der Waals surface area contributed by atoms with Crippen LogP contribution in [0.3, 0.4) is 0 Å². The summed E-state index contributed by atoms with van der Waals surface area (Å²) in [4.78, 5) is 11.6. The molecule has 0 aliphatic heterocycles. The van der Waals surface area contributed by atoms with Gasteiger partial charge in [-0.05, 0) is 20.3 Å². The topological polar surface area (TPSA) is 59.6 Å². The second-order valence-corrected chi connectivity index (χ2v) is 3.88. The molecule has 0 bridgehead atoms. The van der Waals surface area contributed by atoms with Crippen LogP contribution in [0.4, 0.5) is 0 Å². The van der Waals surface area contributed by atoms with E-state index in [2.05, 4.69) is 10.6 Å². The molecule has 0 aromatic carbocycles. The molecule has 5 nitrogen and oxygen atoms in total. The van der Waals surface area contributed by atoms with Crippen molar-refractivity contribution in [3.05, 3.63) is 0 Å². The fourth-order valence-electron chi connectivity index (χ4n) is 1.38. The van der Waals surface area contributed by atoms with Crippen LogP contribution in [0.2, 0.25) is 0 Å². The summed E-state index contributed by atoms with van der Waals surface area (Å²) in [5.41, 5.74) is 0. The van der Waals surface area contributed by atoms with Gasteiger partial charge in [0.2, 0.25) is 5.91 Å². The summed E-state index contributed by atoms with van der Waals surface area (Å²) in [5.74, 6) is 0.0130. The van der Waals surface area contributed by atoms with Gasteiger partial charge in [0.05, 0.1) is 12.6 Å². The zero-order valence-corrected chi connectivity index (χ0v) is 10.7. The molecule has 96 valence electrons. The molecule has 0 saturated heterocycles. The van der Waals surface area contributed by atoms with E-state index < -0.39 is 0 Å². The van der Waals surface area contributed by atoms with Gasteiger partial charge in [-0.1, -0.05) is 0 Å². The summed E-state index contributed by atoms with van der Waals surface area (Å²) in [6, 6.07) is -0.0302. The molecule has 0 spiro atoms. The van der Waals surface area contributed by atoms with Gasteiger partial charge in [0.15, 0.2) is 0 Å². The lowest BCUT2D eigenvalue weighted by Gasteiger charge is -2.18. The highest BCUT2D eigenvalue weighted by Gasteiger charge is 2.14. The Morgan fingerprint density at radius 3 is 2.50 bits per heavy atom. The van der Waals surface area contributed by atoms with E-state index in [1.807, 2.05) is 13.8 Å². The minimum absolute atomic E-state index is 0.0130. The van der Waals surface area contributed by atoms with Gasteiger partial charge in [0.1, 0.15) is 0 Å². The highest BCUT2D eigenvalue weighted by molar-refractivity contribution is 5.81. The Bertz CT molecular complexity index is 188. The number of methoxy groups -OCH3 is 2. The number of amides is 1. The Kier molecular flexibility index (Phi) is 9.18. The fourth-order valence-corrected chi connectivity index (χ4v) is 1.38. The number of hydrogen-bond donors (Lipinski definition) is 2. The average molecular weight is 232 g/mol. The van der Waals surface area contributed by atoms with Gasteiger partial charge in [-0.15, -0.1) is 0 Å². The van der Waals surface area contributed by atoms with Gasteiger partial charge in [-0.25, -0.2) is 0 Å². The predicted molar refractivity (Wildman–Crippen MR) is 63.4 cm³/mol. The normalized spacial score (nSPS) is 14.5. The zero-order chi connectivity index (χ0) is 12.4. The lowest BCUT2D eigenvalue weighted by atomic mass is 10.2. The van der Waals surface area contributed by atoms with E-state index in [4.69, 9.17) is 9.47 Å². The quantitative estimate of drug-likeness (QED) is 0.556. The number of nitrogens with one attached hydrogen (secondary N) is 2. The lowest BCUT2D eigenvalue weighted by molar-refractivity contribution is -0.123. The second-order valence-electron chi connectivity index (χ2n) is 3.88. The monoisotopic (exact) mass is 232 g/mol. The molecule has 0 saturated carbocycles. The van der Waals surface area contributed by atoms with Crippen LogP contribution in [0, 0.1) is 0 Å². The third-order valence-electron chi connectivity index (χ3n) is 2.17. The van der Waals surface area contributed by atoms with E-state index in [-0.39, 0.29) is 18.0 Å². The Labute approximate surface area is 97.9 Å². The second kappa shape index (κ2) is 9.57.